The molecule has 2 atom stereocenters. The summed E-state index contributed by atoms with van der Waals surface area (Å²) in [6.45, 7) is 0. The number of phenols is 1. The van der Waals surface area contributed by atoms with Crippen LogP contribution < -0.4 is 5.32 Å². The molecule has 6 nitrogen and oxygen atoms in total. The molecular weight excluding hydrogens is 328 g/mol. The van der Waals surface area contributed by atoms with Crippen LogP contribution in [0, 0.1) is 0 Å². The fourth-order valence-corrected chi connectivity index (χ4v) is 3.84. The third-order valence-electron chi connectivity index (χ3n) is 5.01. The quantitative estimate of drug-likeness (QED) is 0.633. The summed E-state index contributed by atoms with van der Waals surface area (Å²) in [5, 5.41) is 15.7. The predicted molar refractivity (Wildman–Crippen MR) is 98.0 cm³/mol. The van der Waals surface area contributed by atoms with Crippen LogP contribution >= 0.6 is 0 Å². The van der Waals surface area contributed by atoms with Gasteiger partial charge >= 0.3 is 0 Å². The number of carbonyl (C=O) groups is 1. The molecule has 3 heterocycles. The van der Waals surface area contributed by atoms with E-state index in [4.69, 9.17) is 0 Å². The van der Waals surface area contributed by atoms with Gasteiger partial charge in [-0.2, -0.15) is 0 Å². The Bertz CT molecular complexity index is 1060. The second-order valence-electron chi connectivity index (χ2n) is 6.48. The summed E-state index contributed by atoms with van der Waals surface area (Å²) in [6.07, 6.45) is 7.49. The average Bonchev–Trinajstić information content (AvgIpc) is 2.98. The lowest BCUT2D eigenvalue weighted by atomic mass is 9.78. The Labute approximate surface area is 149 Å². The van der Waals surface area contributed by atoms with Crippen molar-refractivity contribution in [3.63, 3.8) is 0 Å². The van der Waals surface area contributed by atoms with Gasteiger partial charge in [0.05, 0.1) is 23.5 Å². The van der Waals surface area contributed by atoms with Crippen molar-refractivity contribution in [3.8, 4) is 11.4 Å². The number of phenolic OH excluding ortho intramolecular Hbond substituents is 1. The number of hydrogen-bond acceptors (Lipinski definition) is 3. The smallest absolute Gasteiger partial charge is 0.233 e. The largest absolute Gasteiger partial charge is 0.508 e. The number of allylic oxidation sites excluding steroid dienone is 1. The van der Waals surface area contributed by atoms with E-state index in [9.17, 15) is 9.90 Å². The molecule has 0 fully saturated rings. The molecule has 0 spiro atoms. The number of aromatic hydroxyl groups is 1. The van der Waals surface area contributed by atoms with E-state index in [0.717, 1.165) is 28.2 Å². The van der Waals surface area contributed by atoms with Crippen molar-refractivity contribution in [2.24, 2.45) is 0 Å². The molecular formula is C20H16N4O2. The highest BCUT2D eigenvalue weighted by Gasteiger charge is 2.40. The standard InChI is InChI=1S/C20H16N4O2/c25-14-6-4-12(5-7-14)15-8-9-17-19-16(23-20(26)18(15)19)3-1-2-13-10-21-11-22-24(13)17/h1-11,15,18,25H,(H,21,22)(H,23,26). The van der Waals surface area contributed by atoms with E-state index in [1.54, 1.807) is 24.7 Å². The number of carbonyl (C=O) groups excluding carboxylic acids is 1. The van der Waals surface area contributed by atoms with E-state index in [1.807, 2.05) is 41.1 Å². The monoisotopic (exact) mass is 344 g/mol. The fourth-order valence-electron chi connectivity index (χ4n) is 3.84. The Morgan fingerprint density at radius 1 is 1.12 bits per heavy atom. The second kappa shape index (κ2) is 5.49. The van der Waals surface area contributed by atoms with Gasteiger partial charge in [-0.15, -0.1) is 0 Å². The van der Waals surface area contributed by atoms with E-state index in [2.05, 4.69) is 21.5 Å². The summed E-state index contributed by atoms with van der Waals surface area (Å²) in [7, 11) is 0. The summed E-state index contributed by atoms with van der Waals surface area (Å²) in [4.78, 5) is 17.0. The van der Waals surface area contributed by atoms with E-state index in [1.165, 1.54) is 0 Å². The van der Waals surface area contributed by atoms with Crippen LogP contribution in [0.25, 0.3) is 11.8 Å². The Morgan fingerprint density at radius 3 is 2.81 bits per heavy atom. The number of hydrogen-bond donors (Lipinski definition) is 3. The van der Waals surface area contributed by atoms with Gasteiger partial charge in [-0.3, -0.25) is 14.6 Å². The van der Waals surface area contributed by atoms with Crippen molar-refractivity contribution < 1.29 is 9.90 Å². The molecule has 3 N–H and O–H groups in total. The molecule has 128 valence electrons. The highest BCUT2D eigenvalue weighted by atomic mass is 16.3. The van der Waals surface area contributed by atoms with Gasteiger partial charge in [0.2, 0.25) is 5.91 Å². The fraction of sp³-hybridized carbons (Fsp3) is 0.100. The van der Waals surface area contributed by atoms with Crippen molar-refractivity contribution in [3.05, 3.63) is 77.9 Å². The molecule has 6 heteroatoms. The zero-order valence-electron chi connectivity index (χ0n) is 13.8. The van der Waals surface area contributed by atoms with Crippen molar-refractivity contribution in [1.29, 1.82) is 0 Å². The Balaban J connectivity index is 1.77. The maximum atomic E-state index is 12.8. The first-order valence-corrected chi connectivity index (χ1v) is 8.41. The van der Waals surface area contributed by atoms with Crippen LogP contribution in [0.1, 0.15) is 28.7 Å². The van der Waals surface area contributed by atoms with Gasteiger partial charge in [-0.1, -0.05) is 24.3 Å². The van der Waals surface area contributed by atoms with E-state index >= 15 is 0 Å². The number of nitrogens with one attached hydrogen (secondary N) is 2. The van der Waals surface area contributed by atoms with Crippen LogP contribution in [0.5, 0.6) is 5.75 Å². The minimum Gasteiger partial charge on any atom is -0.508 e. The van der Waals surface area contributed by atoms with Crippen molar-refractivity contribution in [2.75, 3.05) is 5.32 Å². The molecule has 5 rings (SSSR count). The Hall–Kier alpha value is -3.54. The zero-order valence-corrected chi connectivity index (χ0v) is 13.8. The molecule has 0 saturated heterocycles. The maximum Gasteiger partial charge on any atom is 0.233 e. The number of aromatic nitrogens is 3. The minimum atomic E-state index is -0.320. The molecule has 0 bridgehead atoms. The number of anilines is 1. The summed E-state index contributed by atoms with van der Waals surface area (Å²) >= 11 is 0. The van der Waals surface area contributed by atoms with Crippen molar-refractivity contribution in [1.82, 2.24) is 14.8 Å². The molecule has 1 aromatic rings. The van der Waals surface area contributed by atoms with Crippen molar-refractivity contribution >= 4 is 17.7 Å². The number of fused-ring (bicyclic) bond motifs is 2. The van der Waals surface area contributed by atoms with E-state index in [0.29, 0.717) is 0 Å². The zero-order chi connectivity index (χ0) is 17.7. The first-order valence-electron chi connectivity index (χ1n) is 8.41. The second-order valence-corrected chi connectivity index (χ2v) is 6.48. The lowest BCUT2D eigenvalue weighted by molar-refractivity contribution is -0.117. The number of nitrogens with zero attached hydrogens (tertiary/aromatic N) is 2. The van der Waals surface area contributed by atoms with Gasteiger partial charge in [0.25, 0.3) is 0 Å². The average molecular weight is 344 g/mol. The summed E-state index contributed by atoms with van der Waals surface area (Å²) in [5.41, 5.74) is 4.61. The molecule has 0 saturated carbocycles. The number of aromatic amines is 1. The Morgan fingerprint density at radius 2 is 1.96 bits per heavy atom. The number of benzene rings is 1. The molecule has 2 unspecified atom stereocenters. The van der Waals surface area contributed by atoms with Gasteiger partial charge in [-0.25, -0.2) is 4.98 Å². The highest BCUT2D eigenvalue weighted by Crippen LogP contribution is 2.47. The van der Waals surface area contributed by atoms with Crippen LogP contribution in [0.2, 0.25) is 0 Å². The van der Waals surface area contributed by atoms with Gasteiger partial charge in [0, 0.05) is 17.2 Å². The lowest BCUT2D eigenvalue weighted by Gasteiger charge is -2.26. The van der Waals surface area contributed by atoms with Gasteiger partial charge < -0.3 is 10.4 Å². The number of H-pyrrole nitrogens is 1. The molecule has 26 heavy (non-hydrogen) atoms. The molecule has 1 amide bonds. The molecule has 0 radical (unpaired) electrons. The number of rotatable bonds is 1. The predicted octanol–water partition coefficient (Wildman–Crippen LogP) is 3.31. The molecule has 1 aromatic carbocycles. The topological polar surface area (TPSA) is 82.9 Å². The third kappa shape index (κ3) is 2.12. The summed E-state index contributed by atoms with van der Waals surface area (Å²) < 4.78 is 1.93. The maximum absolute atomic E-state index is 12.8. The lowest BCUT2D eigenvalue weighted by Crippen LogP contribution is -2.22. The molecule has 1 aliphatic carbocycles. The highest BCUT2D eigenvalue weighted by molar-refractivity contribution is 6.05. The first kappa shape index (κ1) is 14.8. The van der Waals surface area contributed by atoms with Gasteiger partial charge in [0.1, 0.15) is 12.1 Å². The van der Waals surface area contributed by atoms with Gasteiger partial charge in [-0.05, 0) is 35.9 Å². The van der Waals surface area contributed by atoms with Gasteiger partial charge in [0.15, 0.2) is 0 Å². The molecule has 3 aliphatic heterocycles. The minimum absolute atomic E-state index is 0.0160. The normalized spacial score (nSPS) is 19.9. The SMILES string of the molecule is O=C1Nc2cccc3cnc[nH]n-3c3c2C1C(c1ccc(O)cc1)C=C3. The molecule has 0 aromatic heterocycles. The summed E-state index contributed by atoms with van der Waals surface area (Å²) in [5.74, 6) is -0.209. The van der Waals surface area contributed by atoms with E-state index < -0.39 is 0 Å². The van der Waals surface area contributed by atoms with Crippen LogP contribution in [-0.4, -0.2) is 25.8 Å². The van der Waals surface area contributed by atoms with E-state index in [-0.39, 0.29) is 23.5 Å². The first-order chi connectivity index (χ1) is 12.7. The van der Waals surface area contributed by atoms with Crippen LogP contribution in [-0.2, 0) is 4.79 Å². The van der Waals surface area contributed by atoms with Crippen LogP contribution in [0.15, 0.2) is 61.1 Å². The third-order valence-corrected chi connectivity index (χ3v) is 5.01. The van der Waals surface area contributed by atoms with Crippen LogP contribution in [0.3, 0.4) is 0 Å². The van der Waals surface area contributed by atoms with Crippen LogP contribution in [0.4, 0.5) is 5.69 Å². The molecule has 4 aliphatic rings. The number of amides is 1. The summed E-state index contributed by atoms with van der Waals surface area (Å²) in [6, 6.07) is 12.8. The Kier molecular flexibility index (Phi) is 3.12. The van der Waals surface area contributed by atoms with Crippen molar-refractivity contribution in [2.45, 2.75) is 11.8 Å².